The summed E-state index contributed by atoms with van der Waals surface area (Å²) in [4.78, 5) is 35.5. The van der Waals surface area contributed by atoms with Crippen molar-refractivity contribution in [2.75, 3.05) is 40.3 Å². The third-order valence-corrected chi connectivity index (χ3v) is 13.2. The number of piperidine rings is 4. The zero-order valence-corrected chi connectivity index (χ0v) is 32.9. The third-order valence-electron chi connectivity index (χ3n) is 13.2. The van der Waals surface area contributed by atoms with Crippen LogP contribution in [0.2, 0.25) is 0 Å². The molecular weight excluding hydrogens is 600 g/mol. The summed E-state index contributed by atoms with van der Waals surface area (Å²) in [6.45, 7) is 23.1. The molecule has 4 aliphatic rings. The molecule has 0 aromatic carbocycles. The van der Waals surface area contributed by atoms with Gasteiger partial charge in [-0.2, -0.15) is 0 Å². The van der Waals surface area contributed by atoms with Crippen molar-refractivity contribution in [1.29, 1.82) is 0 Å². The smallest absolute Gasteiger partial charge is 0.306 e. The van der Waals surface area contributed by atoms with E-state index in [9.17, 15) is 9.59 Å². The largest absolute Gasteiger partial charge is 0.462 e. The van der Waals surface area contributed by atoms with Crippen LogP contribution in [0.5, 0.6) is 0 Å². The third kappa shape index (κ3) is 10.6. The maximum atomic E-state index is 12.5. The minimum atomic E-state index is -0.0254. The van der Waals surface area contributed by atoms with Crippen molar-refractivity contribution in [1.82, 2.24) is 19.6 Å². The monoisotopic (exact) mass is 675 g/mol. The summed E-state index contributed by atoms with van der Waals surface area (Å²) >= 11 is 0. The molecule has 0 spiro atoms. The maximum Gasteiger partial charge on any atom is 0.306 e. The maximum absolute atomic E-state index is 12.5. The first-order valence-corrected chi connectivity index (χ1v) is 19.7. The highest BCUT2D eigenvalue weighted by molar-refractivity contribution is 5.69. The average molecular weight is 675 g/mol. The molecule has 48 heavy (non-hydrogen) atoms. The highest BCUT2D eigenvalue weighted by Crippen LogP contribution is 2.41. The quantitative estimate of drug-likeness (QED) is 0.148. The summed E-state index contributed by atoms with van der Waals surface area (Å²) < 4.78 is 11.8. The fourth-order valence-corrected chi connectivity index (χ4v) is 9.61. The van der Waals surface area contributed by atoms with Crippen molar-refractivity contribution in [2.45, 2.75) is 205 Å². The van der Waals surface area contributed by atoms with E-state index in [0.717, 1.165) is 90.4 Å². The molecule has 4 heterocycles. The van der Waals surface area contributed by atoms with E-state index >= 15 is 0 Å². The van der Waals surface area contributed by atoms with Crippen LogP contribution in [0.1, 0.15) is 158 Å². The van der Waals surface area contributed by atoms with Gasteiger partial charge in [0.1, 0.15) is 12.2 Å². The number of rotatable bonds is 13. The molecule has 278 valence electrons. The average Bonchev–Trinajstić information content (AvgIpc) is 3.00. The fraction of sp³-hybridized carbons (Fsp3) is 0.950. The van der Waals surface area contributed by atoms with Gasteiger partial charge in [0.25, 0.3) is 0 Å². The summed E-state index contributed by atoms with van der Waals surface area (Å²) in [6, 6.07) is 1.21. The number of hydrogen-bond acceptors (Lipinski definition) is 8. The lowest BCUT2D eigenvalue weighted by Gasteiger charge is -2.56. The van der Waals surface area contributed by atoms with Crippen LogP contribution in [-0.2, 0) is 19.1 Å². The summed E-state index contributed by atoms with van der Waals surface area (Å²) in [5.74, 6) is -0.0507. The highest BCUT2D eigenvalue weighted by atomic mass is 16.5. The van der Waals surface area contributed by atoms with Crippen molar-refractivity contribution in [3.63, 3.8) is 0 Å². The van der Waals surface area contributed by atoms with Gasteiger partial charge in [-0.3, -0.25) is 29.2 Å². The van der Waals surface area contributed by atoms with Gasteiger partial charge in [-0.05, 0) is 134 Å². The van der Waals surface area contributed by atoms with Gasteiger partial charge in [0.2, 0.25) is 0 Å². The van der Waals surface area contributed by atoms with Crippen LogP contribution < -0.4 is 0 Å². The number of esters is 2. The van der Waals surface area contributed by atoms with E-state index < -0.39 is 0 Å². The Kier molecular flexibility index (Phi) is 13.5. The fourth-order valence-electron chi connectivity index (χ4n) is 9.61. The lowest BCUT2D eigenvalue weighted by molar-refractivity contribution is -0.153. The molecule has 0 aromatic heterocycles. The van der Waals surface area contributed by atoms with E-state index in [1.54, 1.807) is 0 Å². The van der Waals surface area contributed by atoms with Gasteiger partial charge in [-0.25, -0.2) is 0 Å². The summed E-state index contributed by atoms with van der Waals surface area (Å²) in [7, 11) is 4.53. The summed E-state index contributed by atoms with van der Waals surface area (Å²) in [5.41, 5.74) is 0.786. The first-order chi connectivity index (χ1) is 22.4. The molecule has 0 N–H and O–H groups in total. The molecule has 4 aliphatic heterocycles. The molecule has 8 nitrogen and oxygen atoms in total. The number of ether oxygens (including phenoxy) is 2. The Morgan fingerprint density at radius 1 is 0.500 bits per heavy atom. The molecule has 8 heteroatoms. The van der Waals surface area contributed by atoms with Crippen LogP contribution >= 0.6 is 0 Å². The zero-order valence-electron chi connectivity index (χ0n) is 32.9. The van der Waals surface area contributed by atoms with Crippen molar-refractivity contribution in [2.24, 2.45) is 0 Å². The number of likely N-dealkylation sites (tertiary alicyclic amines) is 4. The Hall–Kier alpha value is -1.22. The number of nitrogens with zero attached hydrogens (tertiary/aromatic N) is 4. The molecule has 0 saturated carbocycles. The standard InChI is InChI=1S/C40H74N4O4/c1-37(2)27-31(28-38(3,4)41(37)9)43-23-19-33(20-24-43)47-35(45)17-15-13-11-12-14-16-18-36(46)48-34-21-25-44(26-22-34)32-29-39(5,6)42(10)40(7,8)30-32/h31-34H,11-30H2,1-10H3. The predicted molar refractivity (Wildman–Crippen MR) is 196 cm³/mol. The van der Waals surface area contributed by atoms with E-state index in [2.05, 4.69) is 89.1 Å². The molecule has 0 aromatic rings. The Morgan fingerprint density at radius 2 is 0.771 bits per heavy atom. The van der Waals surface area contributed by atoms with Gasteiger partial charge >= 0.3 is 11.9 Å². The summed E-state index contributed by atoms with van der Waals surface area (Å²) in [5, 5.41) is 0. The van der Waals surface area contributed by atoms with Crippen LogP contribution in [0.4, 0.5) is 0 Å². The van der Waals surface area contributed by atoms with Gasteiger partial charge in [-0.15, -0.1) is 0 Å². The molecule has 0 amide bonds. The van der Waals surface area contributed by atoms with Crippen molar-refractivity contribution in [3.05, 3.63) is 0 Å². The number of carbonyl (C=O) groups is 2. The van der Waals surface area contributed by atoms with Crippen molar-refractivity contribution < 1.29 is 19.1 Å². The first-order valence-electron chi connectivity index (χ1n) is 19.7. The van der Waals surface area contributed by atoms with Crippen molar-refractivity contribution >= 4 is 11.9 Å². The minimum absolute atomic E-state index is 0.0254. The Morgan fingerprint density at radius 3 is 1.06 bits per heavy atom. The van der Waals surface area contributed by atoms with E-state index in [1.807, 2.05) is 0 Å². The number of unbranched alkanes of at least 4 members (excludes halogenated alkanes) is 5. The predicted octanol–water partition coefficient (Wildman–Crippen LogP) is 7.43. The van der Waals surface area contributed by atoms with Gasteiger partial charge < -0.3 is 9.47 Å². The molecule has 0 bridgehead atoms. The highest BCUT2D eigenvalue weighted by Gasteiger charge is 2.46. The summed E-state index contributed by atoms with van der Waals surface area (Å²) in [6.07, 6.45) is 15.9. The van der Waals surface area contributed by atoms with Gasteiger partial charge in [-0.1, -0.05) is 25.7 Å². The topological polar surface area (TPSA) is 65.6 Å². The lowest BCUT2D eigenvalue weighted by Crippen LogP contribution is -2.63. The van der Waals surface area contributed by atoms with Gasteiger partial charge in [0.15, 0.2) is 0 Å². The molecule has 4 fully saturated rings. The zero-order chi connectivity index (χ0) is 35.3. The van der Waals surface area contributed by atoms with E-state index in [4.69, 9.17) is 9.47 Å². The number of carbonyl (C=O) groups excluding carboxylic acids is 2. The molecule has 0 radical (unpaired) electrons. The second-order valence-corrected chi connectivity index (χ2v) is 18.6. The molecule has 0 atom stereocenters. The number of hydrogen-bond donors (Lipinski definition) is 0. The van der Waals surface area contributed by atoms with Crippen LogP contribution in [-0.4, -0.2) is 118 Å². The Labute approximate surface area is 295 Å². The molecule has 4 saturated heterocycles. The van der Waals surface area contributed by atoms with Crippen LogP contribution in [0.3, 0.4) is 0 Å². The van der Waals surface area contributed by atoms with Crippen LogP contribution in [0.25, 0.3) is 0 Å². The normalized spacial score (nSPS) is 26.8. The molecule has 0 unspecified atom stereocenters. The van der Waals surface area contributed by atoms with Crippen LogP contribution in [0.15, 0.2) is 0 Å². The lowest BCUT2D eigenvalue weighted by atomic mass is 9.76. The van der Waals surface area contributed by atoms with E-state index in [-0.39, 0.29) is 46.3 Å². The SMILES string of the molecule is CN1C(C)(C)CC(N2CCC(OC(=O)CCCCCCCCC(=O)OC3CCN(C4CC(C)(C)N(C)C(C)(C)C4)CC3)CC2)CC1(C)C. The van der Waals surface area contributed by atoms with E-state index in [1.165, 1.54) is 25.7 Å². The minimum Gasteiger partial charge on any atom is -0.462 e. The Bertz CT molecular complexity index is 924. The van der Waals surface area contributed by atoms with Gasteiger partial charge in [0, 0.05) is 73.3 Å². The van der Waals surface area contributed by atoms with Gasteiger partial charge in [0.05, 0.1) is 0 Å². The second-order valence-electron chi connectivity index (χ2n) is 18.6. The molecular formula is C40H74N4O4. The van der Waals surface area contributed by atoms with E-state index in [0.29, 0.717) is 24.9 Å². The first kappa shape index (κ1) is 39.6. The second kappa shape index (κ2) is 16.4. The molecule has 4 rings (SSSR count). The van der Waals surface area contributed by atoms with Crippen molar-refractivity contribution in [3.8, 4) is 0 Å². The molecule has 0 aliphatic carbocycles. The Balaban J connectivity index is 0.990. The van der Waals surface area contributed by atoms with Crippen LogP contribution in [0, 0.1) is 0 Å².